The number of rotatable bonds is 9. The van der Waals surface area contributed by atoms with E-state index in [1.165, 1.54) is 6.92 Å². The molecule has 2 aliphatic rings. The van der Waals surface area contributed by atoms with Crippen LogP contribution in [0.4, 0.5) is 0 Å². The molecule has 0 aromatic rings. The van der Waals surface area contributed by atoms with Crippen LogP contribution in [0.1, 0.15) is 27.2 Å². The van der Waals surface area contributed by atoms with Crippen molar-refractivity contribution < 1.29 is 64.7 Å². The number of carboxylic acid groups (broad SMARTS) is 1. The van der Waals surface area contributed by atoms with E-state index in [2.05, 4.69) is 10.6 Å². The molecule has 2 heterocycles. The topological polar surface area (TPSA) is 256 Å². The minimum atomic E-state index is -2.28. The van der Waals surface area contributed by atoms with Crippen LogP contribution in [0.15, 0.2) is 0 Å². The van der Waals surface area contributed by atoms with Crippen LogP contribution < -0.4 is 10.6 Å². The Morgan fingerprint density at radius 2 is 1.58 bits per heavy atom. The quantitative estimate of drug-likeness (QED) is 0.131. The zero-order valence-corrected chi connectivity index (χ0v) is 20.6. The van der Waals surface area contributed by atoms with Crippen molar-refractivity contribution in [2.45, 2.75) is 98.5 Å². The van der Waals surface area contributed by atoms with Crippen molar-refractivity contribution in [1.29, 1.82) is 0 Å². The van der Waals surface area contributed by atoms with Crippen molar-refractivity contribution in [1.82, 2.24) is 10.6 Å². The van der Waals surface area contributed by atoms with E-state index in [9.17, 15) is 55.2 Å². The van der Waals surface area contributed by atoms with Crippen LogP contribution in [0.2, 0.25) is 0 Å². The van der Waals surface area contributed by atoms with Gasteiger partial charge in [0, 0.05) is 25.5 Å². The van der Waals surface area contributed by atoms with Crippen molar-refractivity contribution in [2.75, 3.05) is 6.61 Å². The van der Waals surface area contributed by atoms with Gasteiger partial charge in [0.25, 0.3) is 0 Å². The Labute approximate surface area is 210 Å². The number of carbonyl (C=O) groups excluding carboxylic acids is 2. The van der Waals surface area contributed by atoms with Crippen LogP contribution in [0.3, 0.4) is 0 Å². The zero-order valence-electron chi connectivity index (χ0n) is 19.8. The number of aliphatic hydroxyl groups is 7. The number of aliphatic carboxylic acids is 1. The predicted molar refractivity (Wildman–Crippen MR) is 120 cm³/mol. The van der Waals surface area contributed by atoms with Gasteiger partial charge in [-0.25, -0.2) is 4.79 Å². The summed E-state index contributed by atoms with van der Waals surface area (Å²) in [4.78, 5) is 34.0. The molecule has 0 aromatic heterocycles. The third kappa shape index (κ3) is 6.63. The summed E-state index contributed by atoms with van der Waals surface area (Å²) in [6.45, 7) is 2.75. The minimum absolute atomic E-state index is 0.475. The van der Waals surface area contributed by atoms with Crippen LogP contribution in [0.5, 0.6) is 0 Å². The molecule has 0 radical (unpaired) electrons. The number of hydrogen-bond acceptors (Lipinski definition) is 13. The fourth-order valence-electron chi connectivity index (χ4n) is 4.32. The van der Waals surface area contributed by atoms with Gasteiger partial charge in [-0.1, -0.05) is 6.92 Å². The van der Waals surface area contributed by atoms with Crippen LogP contribution in [-0.2, 0) is 23.9 Å². The minimum Gasteiger partial charge on any atom is -0.478 e. The SMILES string of the molecule is CC(=O)N[C@H]1[C@H]([C@H](O)[C@H](O)CO)O[C@@](S[C@H](C)[C@H]2O[C@@H](O)[C@H](O)[C@@H](O)[C@H]2O)(C(=O)O)C[C@@H]1NC(C)=O. The average Bonchev–Trinajstić information content (AvgIpc) is 2.79. The van der Waals surface area contributed by atoms with E-state index in [-0.39, 0.29) is 0 Å². The molecule has 0 saturated carbocycles. The smallest absolute Gasteiger partial charge is 0.346 e. The Kier molecular flexibility index (Phi) is 10.5. The molecule has 2 amide bonds. The number of ether oxygens (including phenoxy) is 2. The van der Waals surface area contributed by atoms with Gasteiger partial charge in [0.15, 0.2) is 6.29 Å². The van der Waals surface area contributed by atoms with Gasteiger partial charge in [-0.05, 0) is 0 Å². The number of carboxylic acids is 1. The second-order valence-electron chi connectivity index (χ2n) is 8.90. The molecule has 2 fully saturated rings. The van der Waals surface area contributed by atoms with E-state index in [1.807, 2.05) is 0 Å². The molecule has 0 unspecified atom stereocenters. The molecule has 36 heavy (non-hydrogen) atoms. The van der Waals surface area contributed by atoms with Crippen LogP contribution >= 0.6 is 11.8 Å². The lowest BCUT2D eigenvalue weighted by molar-refractivity contribution is -0.280. The average molecular weight is 543 g/mol. The summed E-state index contributed by atoms with van der Waals surface area (Å²) >= 11 is 0.554. The summed E-state index contributed by atoms with van der Waals surface area (Å²) in [5, 5.41) is 84.1. The number of amides is 2. The second kappa shape index (κ2) is 12.3. The summed E-state index contributed by atoms with van der Waals surface area (Å²) in [7, 11) is 0. The molecule has 2 aliphatic heterocycles. The summed E-state index contributed by atoms with van der Waals surface area (Å²) in [5.74, 6) is -2.80. The third-order valence-electron chi connectivity index (χ3n) is 6.07. The molecule has 208 valence electrons. The lowest BCUT2D eigenvalue weighted by atomic mass is 9.87. The predicted octanol–water partition coefficient (Wildman–Crippen LogP) is -4.80. The van der Waals surface area contributed by atoms with Crippen LogP contribution in [0, 0.1) is 0 Å². The molecule has 0 aromatic carbocycles. The van der Waals surface area contributed by atoms with Crippen molar-refractivity contribution >= 4 is 29.5 Å². The van der Waals surface area contributed by atoms with Gasteiger partial charge < -0.3 is 61.0 Å². The van der Waals surface area contributed by atoms with Crippen molar-refractivity contribution in [3.05, 3.63) is 0 Å². The highest BCUT2D eigenvalue weighted by atomic mass is 32.2. The number of nitrogens with one attached hydrogen (secondary N) is 2. The van der Waals surface area contributed by atoms with Crippen molar-refractivity contribution in [3.63, 3.8) is 0 Å². The standard InChI is InChI=1S/C20H34N2O13S/c1-6(16-14(29)13(28)15(30)18(31)34-16)36-20(19(32)33)4-9(21-7(2)24)11(22-8(3)25)17(35-20)12(27)10(26)5-23/h6,9-18,23,26-31H,4-5H2,1-3H3,(H,21,24)(H,22,25)(H,32,33)/t6-,9+,10-,11-,12-,13+,14-,15-,16-,17-,18-,20+/m1/s1. The van der Waals surface area contributed by atoms with E-state index >= 15 is 0 Å². The van der Waals surface area contributed by atoms with E-state index in [0.717, 1.165) is 13.8 Å². The third-order valence-corrected chi connectivity index (χ3v) is 7.53. The van der Waals surface area contributed by atoms with Crippen molar-refractivity contribution in [3.8, 4) is 0 Å². The number of hydrogen-bond donors (Lipinski definition) is 10. The molecule has 2 saturated heterocycles. The van der Waals surface area contributed by atoms with Gasteiger partial charge in [0.05, 0.1) is 18.7 Å². The first kappa shape index (κ1) is 30.6. The molecule has 12 atom stereocenters. The summed E-state index contributed by atoms with van der Waals surface area (Å²) in [5.41, 5.74) is 0. The highest BCUT2D eigenvalue weighted by Crippen LogP contribution is 2.44. The molecule has 0 aliphatic carbocycles. The molecule has 0 spiro atoms. The number of carbonyl (C=O) groups is 3. The Bertz CT molecular complexity index is 806. The van der Waals surface area contributed by atoms with Crippen LogP contribution in [0.25, 0.3) is 0 Å². The van der Waals surface area contributed by atoms with Gasteiger partial charge >= 0.3 is 5.97 Å². The van der Waals surface area contributed by atoms with Gasteiger partial charge in [-0.3, -0.25) is 9.59 Å². The van der Waals surface area contributed by atoms with E-state index in [1.54, 1.807) is 0 Å². The lowest BCUT2D eigenvalue weighted by Gasteiger charge is -2.49. The Hall–Kier alpha value is -1.60. The molecular weight excluding hydrogens is 508 g/mol. The van der Waals surface area contributed by atoms with E-state index in [4.69, 9.17) is 9.47 Å². The monoisotopic (exact) mass is 542 g/mol. The summed E-state index contributed by atoms with van der Waals surface area (Å²) < 4.78 is 11.0. The zero-order chi connectivity index (χ0) is 27.5. The molecule has 10 N–H and O–H groups in total. The fourth-order valence-corrected chi connectivity index (χ4v) is 5.82. The summed E-state index contributed by atoms with van der Waals surface area (Å²) in [6.07, 6.45) is -14.4. The van der Waals surface area contributed by atoms with Gasteiger partial charge in [-0.15, -0.1) is 11.8 Å². The molecule has 0 bridgehead atoms. The first-order valence-electron chi connectivity index (χ1n) is 11.1. The second-order valence-corrected chi connectivity index (χ2v) is 10.5. The maximum absolute atomic E-state index is 12.5. The highest BCUT2D eigenvalue weighted by Gasteiger charge is 2.57. The first-order chi connectivity index (χ1) is 16.6. The summed E-state index contributed by atoms with van der Waals surface area (Å²) in [6, 6.07) is -2.36. The largest absolute Gasteiger partial charge is 0.478 e. The molecule has 15 nitrogen and oxygen atoms in total. The molecule has 16 heteroatoms. The fraction of sp³-hybridized carbons (Fsp3) is 0.850. The van der Waals surface area contributed by atoms with Crippen LogP contribution in [-0.4, -0.2) is 137 Å². The first-order valence-corrected chi connectivity index (χ1v) is 12.0. The Balaban J connectivity index is 2.47. The Morgan fingerprint density at radius 3 is 2.08 bits per heavy atom. The lowest BCUT2D eigenvalue weighted by Crippen LogP contribution is -2.70. The van der Waals surface area contributed by atoms with Gasteiger partial charge in [0.1, 0.15) is 42.7 Å². The highest BCUT2D eigenvalue weighted by molar-refractivity contribution is 8.01. The number of aliphatic hydroxyl groups excluding tert-OH is 7. The number of thioether (sulfide) groups is 1. The Morgan fingerprint density at radius 1 is 1.00 bits per heavy atom. The van der Waals surface area contributed by atoms with Gasteiger partial charge in [0.2, 0.25) is 16.7 Å². The normalized spacial score (nSPS) is 39.5. The molecular formula is C20H34N2O13S. The van der Waals surface area contributed by atoms with E-state index in [0.29, 0.717) is 11.8 Å². The van der Waals surface area contributed by atoms with E-state index < -0.39 is 102 Å². The van der Waals surface area contributed by atoms with Crippen molar-refractivity contribution in [2.24, 2.45) is 0 Å². The van der Waals surface area contributed by atoms with Gasteiger partial charge in [-0.2, -0.15) is 0 Å². The maximum atomic E-state index is 12.5. The molecule has 2 rings (SSSR count). The maximum Gasteiger partial charge on any atom is 0.346 e.